The first kappa shape index (κ1) is 9.46. The van der Waals surface area contributed by atoms with Gasteiger partial charge in [0, 0.05) is 5.71 Å². The molecule has 13 heavy (non-hydrogen) atoms. The number of nitrogens with one attached hydrogen (secondary N) is 1. The largest absolute Gasteiger partial charge is 0.306 e. The summed E-state index contributed by atoms with van der Waals surface area (Å²) in [6.07, 6.45) is 7.58. The maximum Gasteiger partial charge on any atom is 0.0282 e. The van der Waals surface area contributed by atoms with E-state index in [0.717, 1.165) is 0 Å². The second-order valence-corrected chi connectivity index (χ2v) is 2.81. The molecule has 0 aliphatic rings. The van der Waals surface area contributed by atoms with Crippen LogP contribution in [-0.2, 0) is 0 Å². The predicted molar refractivity (Wildman–Crippen MR) is 58.0 cm³/mol. The van der Waals surface area contributed by atoms with Gasteiger partial charge < -0.3 is 5.41 Å². The van der Waals surface area contributed by atoms with Crippen molar-refractivity contribution in [3.05, 3.63) is 54.1 Å². The van der Waals surface area contributed by atoms with Crippen LogP contribution in [0.3, 0.4) is 0 Å². The molecule has 1 nitrogen and oxygen atoms in total. The summed E-state index contributed by atoms with van der Waals surface area (Å²) in [7, 11) is 0. The minimum atomic E-state index is 0.567. The number of hydrogen-bond donors (Lipinski definition) is 1. The van der Waals surface area contributed by atoms with Crippen LogP contribution in [0.15, 0.2) is 48.6 Å². The molecule has 0 atom stereocenters. The summed E-state index contributed by atoms with van der Waals surface area (Å²) in [6, 6.07) is 10.1. The summed E-state index contributed by atoms with van der Waals surface area (Å²) >= 11 is 0. The maximum absolute atomic E-state index is 7.16. The number of hydrogen-bond acceptors (Lipinski definition) is 1. The molecule has 1 N–H and O–H groups in total. The Balaban J connectivity index is 2.55. The summed E-state index contributed by atoms with van der Waals surface area (Å²) in [5.41, 5.74) is 1.74. The average Bonchev–Trinajstić information content (AvgIpc) is 2.14. The van der Waals surface area contributed by atoms with Gasteiger partial charge in [-0.1, -0.05) is 48.6 Å². The van der Waals surface area contributed by atoms with Gasteiger partial charge in [0.15, 0.2) is 0 Å². The van der Waals surface area contributed by atoms with Crippen molar-refractivity contribution in [3.8, 4) is 0 Å². The van der Waals surface area contributed by atoms with Crippen LogP contribution in [0.5, 0.6) is 0 Å². The van der Waals surface area contributed by atoms with Gasteiger partial charge in [0.05, 0.1) is 0 Å². The predicted octanol–water partition coefficient (Wildman–Crippen LogP) is 3.30. The van der Waals surface area contributed by atoms with Crippen molar-refractivity contribution in [2.45, 2.75) is 6.92 Å². The lowest BCUT2D eigenvalue weighted by Gasteiger charge is -1.88. The molecule has 1 heteroatoms. The summed E-state index contributed by atoms with van der Waals surface area (Å²) in [4.78, 5) is 0. The van der Waals surface area contributed by atoms with Crippen LogP contribution in [0.1, 0.15) is 12.5 Å². The van der Waals surface area contributed by atoms with E-state index in [-0.39, 0.29) is 0 Å². The molecule has 1 aromatic rings. The molecule has 1 aromatic carbocycles. The Morgan fingerprint density at radius 3 is 2.46 bits per heavy atom. The maximum atomic E-state index is 7.16. The van der Waals surface area contributed by atoms with Gasteiger partial charge in [-0.05, 0) is 18.6 Å². The molecule has 0 amide bonds. The molecule has 0 unspecified atom stereocenters. The third-order valence-corrected chi connectivity index (χ3v) is 1.55. The normalized spacial score (nSPS) is 11.2. The van der Waals surface area contributed by atoms with Gasteiger partial charge in [-0.15, -0.1) is 0 Å². The molecule has 0 saturated heterocycles. The molecule has 1 rings (SSSR count). The van der Waals surface area contributed by atoms with E-state index >= 15 is 0 Å². The zero-order chi connectivity index (χ0) is 9.52. The van der Waals surface area contributed by atoms with Crippen molar-refractivity contribution in [3.63, 3.8) is 0 Å². The first-order valence-corrected chi connectivity index (χ1v) is 4.24. The van der Waals surface area contributed by atoms with Gasteiger partial charge in [0.25, 0.3) is 0 Å². The van der Waals surface area contributed by atoms with E-state index in [2.05, 4.69) is 0 Å². The molecule has 66 valence electrons. The van der Waals surface area contributed by atoms with Crippen LogP contribution < -0.4 is 0 Å². The fourth-order valence-corrected chi connectivity index (χ4v) is 0.931. The minimum Gasteiger partial charge on any atom is -0.306 e. The van der Waals surface area contributed by atoms with Crippen molar-refractivity contribution < 1.29 is 0 Å². The highest BCUT2D eigenvalue weighted by atomic mass is 14.4. The standard InChI is InChI=1S/C12H13N/c1-11(13)7-5-6-10-12-8-3-2-4-9-12/h2-10,13H,1H3/b7-5-,10-6+,13-11?. The Bertz CT molecular complexity index is 320. The van der Waals surface area contributed by atoms with E-state index in [1.54, 1.807) is 13.0 Å². The third-order valence-electron chi connectivity index (χ3n) is 1.55. The van der Waals surface area contributed by atoms with Crippen molar-refractivity contribution >= 4 is 11.8 Å². The smallest absolute Gasteiger partial charge is 0.0282 e. The molecule has 0 aliphatic heterocycles. The van der Waals surface area contributed by atoms with E-state index in [4.69, 9.17) is 5.41 Å². The molecular weight excluding hydrogens is 158 g/mol. The van der Waals surface area contributed by atoms with E-state index in [9.17, 15) is 0 Å². The Kier molecular flexibility index (Phi) is 3.71. The van der Waals surface area contributed by atoms with Gasteiger partial charge in [-0.2, -0.15) is 0 Å². The Hall–Kier alpha value is -1.63. The van der Waals surface area contributed by atoms with E-state index < -0.39 is 0 Å². The van der Waals surface area contributed by atoms with Crippen LogP contribution in [0.4, 0.5) is 0 Å². The van der Waals surface area contributed by atoms with Crippen molar-refractivity contribution in [1.29, 1.82) is 5.41 Å². The van der Waals surface area contributed by atoms with Crippen molar-refractivity contribution in [2.75, 3.05) is 0 Å². The second-order valence-electron chi connectivity index (χ2n) is 2.81. The summed E-state index contributed by atoms with van der Waals surface area (Å²) < 4.78 is 0. The highest BCUT2D eigenvalue weighted by Gasteiger charge is 1.79. The molecule has 0 aliphatic carbocycles. The number of allylic oxidation sites excluding steroid dienone is 3. The summed E-state index contributed by atoms with van der Waals surface area (Å²) in [5.74, 6) is 0. The van der Waals surface area contributed by atoms with Gasteiger partial charge in [-0.25, -0.2) is 0 Å². The zero-order valence-corrected chi connectivity index (χ0v) is 7.70. The van der Waals surface area contributed by atoms with Crippen molar-refractivity contribution in [1.82, 2.24) is 0 Å². The van der Waals surface area contributed by atoms with Crippen LogP contribution in [0.25, 0.3) is 6.08 Å². The number of rotatable bonds is 3. The first-order chi connectivity index (χ1) is 6.29. The topological polar surface area (TPSA) is 23.9 Å². The quantitative estimate of drug-likeness (QED) is 0.533. The Labute approximate surface area is 78.9 Å². The fraction of sp³-hybridized carbons (Fsp3) is 0.0833. The summed E-state index contributed by atoms with van der Waals surface area (Å²) in [5, 5.41) is 7.16. The van der Waals surface area contributed by atoms with Crippen molar-refractivity contribution in [2.24, 2.45) is 0 Å². The lowest BCUT2D eigenvalue weighted by atomic mass is 10.2. The van der Waals surface area contributed by atoms with Crippen LogP contribution in [0.2, 0.25) is 0 Å². The monoisotopic (exact) mass is 171 g/mol. The SMILES string of the molecule is CC(=N)/C=C\C=C\c1ccccc1. The Morgan fingerprint density at radius 2 is 1.85 bits per heavy atom. The highest BCUT2D eigenvalue weighted by molar-refractivity contribution is 5.90. The number of benzene rings is 1. The molecule has 0 aromatic heterocycles. The molecular formula is C12H13N. The third kappa shape index (κ3) is 4.06. The molecule has 0 heterocycles. The lowest BCUT2D eigenvalue weighted by Crippen LogP contribution is -1.75. The zero-order valence-electron chi connectivity index (χ0n) is 7.70. The van der Waals surface area contributed by atoms with Crippen LogP contribution in [-0.4, -0.2) is 5.71 Å². The van der Waals surface area contributed by atoms with Crippen LogP contribution >= 0.6 is 0 Å². The lowest BCUT2D eigenvalue weighted by molar-refractivity contribution is 1.50. The van der Waals surface area contributed by atoms with Gasteiger partial charge in [-0.3, -0.25) is 0 Å². The van der Waals surface area contributed by atoms with E-state index in [1.807, 2.05) is 48.6 Å². The molecule has 0 fully saturated rings. The average molecular weight is 171 g/mol. The van der Waals surface area contributed by atoms with E-state index in [0.29, 0.717) is 5.71 Å². The van der Waals surface area contributed by atoms with Gasteiger partial charge in [0.2, 0.25) is 0 Å². The summed E-state index contributed by atoms with van der Waals surface area (Å²) in [6.45, 7) is 1.76. The van der Waals surface area contributed by atoms with Gasteiger partial charge in [0.1, 0.15) is 0 Å². The molecule has 0 saturated carbocycles. The molecule has 0 radical (unpaired) electrons. The first-order valence-electron chi connectivity index (χ1n) is 4.24. The Morgan fingerprint density at radius 1 is 1.15 bits per heavy atom. The molecule has 0 spiro atoms. The highest BCUT2D eigenvalue weighted by Crippen LogP contribution is 2.00. The second kappa shape index (κ2) is 5.09. The van der Waals surface area contributed by atoms with Crippen LogP contribution in [0, 0.1) is 5.41 Å². The van der Waals surface area contributed by atoms with Gasteiger partial charge >= 0.3 is 0 Å². The minimum absolute atomic E-state index is 0.567. The molecule has 0 bridgehead atoms. The fourth-order valence-electron chi connectivity index (χ4n) is 0.931. The van der Waals surface area contributed by atoms with E-state index in [1.165, 1.54) is 5.56 Å².